The molecule has 1 rings (SSSR count). The van der Waals surface area contributed by atoms with E-state index in [0.717, 1.165) is 12.8 Å². The van der Waals surface area contributed by atoms with E-state index in [1.54, 1.807) is 7.05 Å². The van der Waals surface area contributed by atoms with Gasteiger partial charge in [0.25, 0.3) is 0 Å². The van der Waals surface area contributed by atoms with Gasteiger partial charge in [0.05, 0.1) is 5.75 Å². The number of hydrogen-bond acceptors (Lipinski definition) is 2. The van der Waals surface area contributed by atoms with Crippen molar-refractivity contribution in [2.45, 2.75) is 26.7 Å². The van der Waals surface area contributed by atoms with E-state index in [2.05, 4.69) is 0 Å². The van der Waals surface area contributed by atoms with Crippen molar-refractivity contribution in [2.75, 3.05) is 19.3 Å². The number of sulfonamides is 1. The van der Waals surface area contributed by atoms with Crippen LogP contribution in [0.3, 0.4) is 0 Å². The molecular weight excluding hydrogens is 162 g/mol. The Labute approximate surface area is 69.4 Å². The van der Waals surface area contributed by atoms with Crippen LogP contribution in [0.15, 0.2) is 0 Å². The van der Waals surface area contributed by atoms with Crippen LogP contribution < -0.4 is 0 Å². The molecule has 0 unspecified atom stereocenters. The predicted molar refractivity (Wildman–Crippen MR) is 47.0 cm³/mol. The summed E-state index contributed by atoms with van der Waals surface area (Å²) in [6, 6.07) is 0. The average molecular weight is 179 g/mol. The molecule has 0 aromatic heterocycles. The summed E-state index contributed by atoms with van der Waals surface area (Å²) in [6.07, 6.45) is 1.84. The second-order valence-electron chi connectivity index (χ2n) is 2.34. The normalized spacial score (nSPS) is 23.5. The molecule has 0 bridgehead atoms. The summed E-state index contributed by atoms with van der Waals surface area (Å²) in [4.78, 5) is 0. The van der Waals surface area contributed by atoms with Crippen molar-refractivity contribution in [2.24, 2.45) is 0 Å². The highest BCUT2D eigenvalue weighted by Crippen LogP contribution is 2.09. The van der Waals surface area contributed by atoms with Gasteiger partial charge in [-0.25, -0.2) is 12.7 Å². The molecule has 11 heavy (non-hydrogen) atoms. The Balaban J connectivity index is 0.000000461. The third-order valence-corrected chi connectivity index (χ3v) is 3.54. The smallest absolute Gasteiger partial charge is 0.212 e. The molecule has 0 N–H and O–H groups in total. The van der Waals surface area contributed by atoms with Gasteiger partial charge in [-0.2, -0.15) is 0 Å². The number of hydrogen-bond donors (Lipinski definition) is 0. The molecule has 3 nitrogen and oxygen atoms in total. The SMILES string of the molecule is CC.CN1CCCCS1(=O)=O. The summed E-state index contributed by atoms with van der Waals surface area (Å²) in [5, 5.41) is 0. The Bertz CT molecular complexity index is 187. The highest BCUT2D eigenvalue weighted by atomic mass is 32.2. The summed E-state index contributed by atoms with van der Waals surface area (Å²) in [6.45, 7) is 4.70. The zero-order valence-corrected chi connectivity index (χ0v) is 8.32. The first-order valence-corrected chi connectivity index (χ1v) is 5.68. The molecule has 0 amide bonds. The third kappa shape index (κ3) is 3.20. The Hall–Kier alpha value is -0.0900. The lowest BCUT2D eigenvalue weighted by Crippen LogP contribution is -2.34. The molecule has 4 heteroatoms. The van der Waals surface area contributed by atoms with Crippen molar-refractivity contribution < 1.29 is 8.42 Å². The molecule has 0 saturated carbocycles. The van der Waals surface area contributed by atoms with E-state index in [9.17, 15) is 8.42 Å². The summed E-state index contributed by atoms with van der Waals surface area (Å²) in [5.74, 6) is 0.337. The zero-order valence-electron chi connectivity index (χ0n) is 7.50. The van der Waals surface area contributed by atoms with E-state index in [1.165, 1.54) is 4.31 Å². The van der Waals surface area contributed by atoms with Crippen molar-refractivity contribution in [1.29, 1.82) is 0 Å². The van der Waals surface area contributed by atoms with Gasteiger partial charge in [0.2, 0.25) is 10.0 Å². The fourth-order valence-corrected chi connectivity index (χ4v) is 2.20. The Kier molecular flexibility index (Phi) is 4.68. The van der Waals surface area contributed by atoms with Gasteiger partial charge in [-0.15, -0.1) is 0 Å². The van der Waals surface area contributed by atoms with Crippen molar-refractivity contribution in [1.82, 2.24) is 4.31 Å². The molecule has 0 aromatic carbocycles. The van der Waals surface area contributed by atoms with E-state index in [4.69, 9.17) is 0 Å². The van der Waals surface area contributed by atoms with E-state index >= 15 is 0 Å². The summed E-state index contributed by atoms with van der Waals surface area (Å²) in [7, 11) is -1.19. The predicted octanol–water partition coefficient (Wildman–Crippen LogP) is 1.07. The molecule has 0 aromatic rings. The summed E-state index contributed by atoms with van der Waals surface area (Å²) >= 11 is 0. The van der Waals surface area contributed by atoms with Crippen LogP contribution in [0.25, 0.3) is 0 Å². The molecule has 0 spiro atoms. The van der Waals surface area contributed by atoms with Gasteiger partial charge in [-0.1, -0.05) is 13.8 Å². The van der Waals surface area contributed by atoms with Crippen molar-refractivity contribution in [3.63, 3.8) is 0 Å². The Morgan fingerprint density at radius 1 is 1.18 bits per heavy atom. The van der Waals surface area contributed by atoms with Gasteiger partial charge in [0.1, 0.15) is 0 Å². The van der Waals surface area contributed by atoms with Crippen molar-refractivity contribution in [3.8, 4) is 0 Å². The Morgan fingerprint density at radius 2 is 1.73 bits per heavy atom. The maximum absolute atomic E-state index is 10.9. The van der Waals surface area contributed by atoms with Crippen LogP contribution in [0, 0.1) is 0 Å². The van der Waals surface area contributed by atoms with Crippen LogP contribution in [-0.4, -0.2) is 32.1 Å². The fourth-order valence-electron chi connectivity index (χ4n) is 0.914. The molecule has 0 radical (unpaired) electrons. The van der Waals surface area contributed by atoms with E-state index in [-0.39, 0.29) is 0 Å². The standard InChI is InChI=1S/C5H11NO2S.C2H6/c1-6-4-2-3-5-9(6,7)8;1-2/h2-5H2,1H3;1-2H3. The molecule has 1 aliphatic rings. The quantitative estimate of drug-likeness (QED) is 0.558. The first kappa shape index (κ1) is 10.9. The minimum Gasteiger partial charge on any atom is -0.212 e. The topological polar surface area (TPSA) is 37.4 Å². The lowest BCUT2D eigenvalue weighted by atomic mass is 10.3. The summed E-state index contributed by atoms with van der Waals surface area (Å²) in [5.41, 5.74) is 0. The minimum absolute atomic E-state index is 0.337. The van der Waals surface area contributed by atoms with Gasteiger partial charge >= 0.3 is 0 Å². The van der Waals surface area contributed by atoms with Gasteiger partial charge in [-0.05, 0) is 12.8 Å². The van der Waals surface area contributed by atoms with Crippen LogP contribution in [0.2, 0.25) is 0 Å². The fraction of sp³-hybridized carbons (Fsp3) is 1.00. The Morgan fingerprint density at radius 3 is 2.00 bits per heavy atom. The maximum Gasteiger partial charge on any atom is 0.213 e. The first-order valence-electron chi connectivity index (χ1n) is 4.07. The van der Waals surface area contributed by atoms with Crippen molar-refractivity contribution in [3.05, 3.63) is 0 Å². The first-order chi connectivity index (χ1) is 5.13. The maximum atomic E-state index is 10.9. The van der Waals surface area contributed by atoms with Crippen LogP contribution in [0.1, 0.15) is 26.7 Å². The second-order valence-corrected chi connectivity index (χ2v) is 4.54. The minimum atomic E-state index is -2.83. The highest BCUT2D eigenvalue weighted by molar-refractivity contribution is 7.89. The molecule has 0 aliphatic carbocycles. The molecule has 0 atom stereocenters. The van der Waals surface area contributed by atoms with Crippen molar-refractivity contribution >= 4 is 10.0 Å². The van der Waals surface area contributed by atoms with E-state index in [0.29, 0.717) is 12.3 Å². The lowest BCUT2D eigenvalue weighted by Gasteiger charge is -2.21. The number of nitrogens with zero attached hydrogens (tertiary/aromatic N) is 1. The monoisotopic (exact) mass is 179 g/mol. The van der Waals surface area contributed by atoms with Crippen LogP contribution in [0.5, 0.6) is 0 Å². The molecule has 1 aliphatic heterocycles. The van der Waals surface area contributed by atoms with Gasteiger partial charge in [0.15, 0.2) is 0 Å². The average Bonchev–Trinajstić information content (AvgIpc) is 2.00. The van der Waals surface area contributed by atoms with E-state index < -0.39 is 10.0 Å². The molecule has 1 fully saturated rings. The molecule has 1 heterocycles. The van der Waals surface area contributed by atoms with Gasteiger partial charge < -0.3 is 0 Å². The zero-order chi connectivity index (χ0) is 8.91. The second kappa shape index (κ2) is 4.72. The summed E-state index contributed by atoms with van der Waals surface area (Å²) < 4.78 is 23.2. The third-order valence-electron chi connectivity index (χ3n) is 1.60. The van der Waals surface area contributed by atoms with Crippen LogP contribution in [-0.2, 0) is 10.0 Å². The molecular formula is C7H17NO2S. The van der Waals surface area contributed by atoms with Gasteiger partial charge in [-0.3, -0.25) is 0 Å². The van der Waals surface area contributed by atoms with E-state index in [1.807, 2.05) is 13.8 Å². The number of rotatable bonds is 0. The lowest BCUT2D eigenvalue weighted by molar-refractivity contribution is 0.435. The van der Waals surface area contributed by atoms with Crippen LogP contribution in [0.4, 0.5) is 0 Å². The largest absolute Gasteiger partial charge is 0.213 e. The van der Waals surface area contributed by atoms with Gasteiger partial charge in [0, 0.05) is 13.6 Å². The highest BCUT2D eigenvalue weighted by Gasteiger charge is 2.20. The van der Waals surface area contributed by atoms with Crippen LogP contribution >= 0.6 is 0 Å². The molecule has 68 valence electrons. The molecule has 1 saturated heterocycles.